The van der Waals surface area contributed by atoms with Gasteiger partial charge in [-0.3, -0.25) is 4.79 Å². The zero-order chi connectivity index (χ0) is 13.4. The number of aryl methyl sites for hydroxylation is 2. The summed E-state index contributed by atoms with van der Waals surface area (Å²) in [5.74, 6) is -1.22. The highest BCUT2D eigenvalue weighted by atomic mass is 16.4. The van der Waals surface area contributed by atoms with Gasteiger partial charge in [0.25, 0.3) is 0 Å². The second-order valence-electron chi connectivity index (χ2n) is 4.59. The van der Waals surface area contributed by atoms with E-state index in [0.29, 0.717) is 6.42 Å². The van der Waals surface area contributed by atoms with Crippen molar-refractivity contribution in [3.8, 4) is 0 Å². The monoisotopic (exact) mass is 246 g/mol. The van der Waals surface area contributed by atoms with Crippen LogP contribution >= 0.6 is 0 Å². The average Bonchev–Trinajstić information content (AvgIpc) is 2.38. The van der Waals surface area contributed by atoms with Crippen LogP contribution in [0.3, 0.4) is 0 Å². The van der Waals surface area contributed by atoms with Crippen LogP contribution in [0, 0.1) is 5.92 Å². The summed E-state index contributed by atoms with van der Waals surface area (Å²) in [4.78, 5) is 10.9. The van der Waals surface area contributed by atoms with Crippen LogP contribution in [0.15, 0.2) is 36.9 Å². The summed E-state index contributed by atoms with van der Waals surface area (Å²) in [7, 11) is 0. The molecule has 0 radical (unpaired) electrons. The lowest BCUT2D eigenvalue weighted by Gasteiger charge is -2.11. The lowest BCUT2D eigenvalue weighted by molar-refractivity contribution is -0.140. The molecule has 1 atom stereocenters. The molecule has 18 heavy (non-hydrogen) atoms. The molecule has 1 N–H and O–H groups in total. The van der Waals surface area contributed by atoms with Crippen LogP contribution in [0.5, 0.6) is 0 Å². The van der Waals surface area contributed by atoms with Crippen LogP contribution in [-0.2, 0) is 17.6 Å². The minimum atomic E-state index is -0.781. The minimum absolute atomic E-state index is 0.441. The van der Waals surface area contributed by atoms with Crippen LogP contribution in [0.25, 0.3) is 0 Å². The second kappa shape index (κ2) is 7.70. The standard InChI is InChI=1S/C16H22O2/c1-3-5-8-14-9-6-7-10-15(14)12-11-13(4-2)16(17)18/h4,6-7,9-10,13H,2-3,5,8,11-12H2,1H3,(H,17,18). The van der Waals surface area contributed by atoms with Crippen molar-refractivity contribution in [1.82, 2.24) is 0 Å². The van der Waals surface area contributed by atoms with E-state index >= 15 is 0 Å². The average molecular weight is 246 g/mol. The Labute approximate surface area is 109 Å². The number of aliphatic carboxylic acids is 1. The molecule has 1 aromatic rings. The number of unbranched alkanes of at least 4 members (excludes halogenated alkanes) is 1. The molecule has 0 heterocycles. The maximum atomic E-state index is 10.9. The van der Waals surface area contributed by atoms with E-state index in [2.05, 4.69) is 31.7 Å². The van der Waals surface area contributed by atoms with Gasteiger partial charge in [0.2, 0.25) is 0 Å². The van der Waals surface area contributed by atoms with Gasteiger partial charge in [0, 0.05) is 0 Å². The van der Waals surface area contributed by atoms with Gasteiger partial charge in [-0.25, -0.2) is 0 Å². The molecule has 1 rings (SSSR count). The summed E-state index contributed by atoms with van der Waals surface area (Å²) >= 11 is 0. The van der Waals surface area contributed by atoms with Gasteiger partial charge in [-0.15, -0.1) is 6.58 Å². The number of benzene rings is 1. The Balaban J connectivity index is 2.65. The van der Waals surface area contributed by atoms with Crippen molar-refractivity contribution in [2.45, 2.75) is 39.0 Å². The number of carboxylic acids is 1. The molecule has 2 nitrogen and oxygen atoms in total. The molecule has 0 aromatic heterocycles. The highest BCUT2D eigenvalue weighted by Crippen LogP contribution is 2.17. The third kappa shape index (κ3) is 4.36. The predicted octanol–water partition coefficient (Wildman–Crippen LogP) is 3.85. The first-order valence-electron chi connectivity index (χ1n) is 6.61. The van der Waals surface area contributed by atoms with E-state index in [-0.39, 0.29) is 0 Å². The molecule has 0 saturated heterocycles. The van der Waals surface area contributed by atoms with E-state index in [1.807, 2.05) is 6.07 Å². The van der Waals surface area contributed by atoms with Crippen molar-refractivity contribution in [3.63, 3.8) is 0 Å². The minimum Gasteiger partial charge on any atom is -0.481 e. The second-order valence-corrected chi connectivity index (χ2v) is 4.59. The van der Waals surface area contributed by atoms with E-state index in [0.717, 1.165) is 12.8 Å². The molecular formula is C16H22O2. The lowest BCUT2D eigenvalue weighted by Crippen LogP contribution is -2.12. The maximum absolute atomic E-state index is 10.9. The summed E-state index contributed by atoms with van der Waals surface area (Å²) in [6.07, 6.45) is 6.40. The molecule has 0 aliphatic carbocycles. The van der Waals surface area contributed by atoms with Crippen LogP contribution in [0.4, 0.5) is 0 Å². The first kappa shape index (κ1) is 14.5. The van der Waals surface area contributed by atoms with Gasteiger partial charge in [-0.05, 0) is 36.8 Å². The zero-order valence-corrected chi connectivity index (χ0v) is 11.1. The normalized spacial score (nSPS) is 12.1. The van der Waals surface area contributed by atoms with E-state index in [9.17, 15) is 4.79 Å². The number of carboxylic acid groups (broad SMARTS) is 1. The Morgan fingerprint density at radius 2 is 1.94 bits per heavy atom. The van der Waals surface area contributed by atoms with Gasteiger partial charge >= 0.3 is 5.97 Å². The molecule has 1 aromatic carbocycles. The van der Waals surface area contributed by atoms with Crippen molar-refractivity contribution in [1.29, 1.82) is 0 Å². The number of carbonyl (C=O) groups is 1. The topological polar surface area (TPSA) is 37.3 Å². The van der Waals surface area contributed by atoms with Gasteiger partial charge in [-0.2, -0.15) is 0 Å². The lowest BCUT2D eigenvalue weighted by atomic mass is 9.94. The molecular weight excluding hydrogens is 224 g/mol. The van der Waals surface area contributed by atoms with E-state index in [1.54, 1.807) is 0 Å². The molecule has 98 valence electrons. The molecule has 2 heteroatoms. The maximum Gasteiger partial charge on any atom is 0.310 e. The molecule has 0 bridgehead atoms. The Hall–Kier alpha value is -1.57. The van der Waals surface area contributed by atoms with Crippen molar-refractivity contribution < 1.29 is 9.90 Å². The van der Waals surface area contributed by atoms with Crippen molar-refractivity contribution in [2.24, 2.45) is 5.92 Å². The first-order valence-corrected chi connectivity index (χ1v) is 6.61. The van der Waals surface area contributed by atoms with Gasteiger partial charge in [0.15, 0.2) is 0 Å². The van der Waals surface area contributed by atoms with Crippen molar-refractivity contribution in [3.05, 3.63) is 48.0 Å². The number of rotatable bonds is 8. The summed E-state index contributed by atoms with van der Waals surface area (Å²) in [5.41, 5.74) is 2.63. The fraction of sp³-hybridized carbons (Fsp3) is 0.438. The van der Waals surface area contributed by atoms with E-state index in [4.69, 9.17) is 5.11 Å². The van der Waals surface area contributed by atoms with Gasteiger partial charge < -0.3 is 5.11 Å². The van der Waals surface area contributed by atoms with E-state index in [1.165, 1.54) is 30.0 Å². The van der Waals surface area contributed by atoms with Crippen LogP contribution < -0.4 is 0 Å². The van der Waals surface area contributed by atoms with Crippen LogP contribution in [0.2, 0.25) is 0 Å². The molecule has 0 aliphatic rings. The highest BCUT2D eigenvalue weighted by Gasteiger charge is 2.13. The molecule has 0 amide bonds. The zero-order valence-electron chi connectivity index (χ0n) is 11.1. The Morgan fingerprint density at radius 1 is 1.33 bits per heavy atom. The summed E-state index contributed by atoms with van der Waals surface area (Å²) in [5, 5.41) is 8.99. The summed E-state index contributed by atoms with van der Waals surface area (Å²) < 4.78 is 0. The van der Waals surface area contributed by atoms with Gasteiger partial charge in [-0.1, -0.05) is 43.7 Å². The molecule has 0 fully saturated rings. The van der Waals surface area contributed by atoms with Gasteiger partial charge in [0.05, 0.1) is 5.92 Å². The quantitative estimate of drug-likeness (QED) is 0.707. The molecule has 1 unspecified atom stereocenters. The number of hydrogen-bond acceptors (Lipinski definition) is 1. The summed E-state index contributed by atoms with van der Waals surface area (Å²) in [6.45, 7) is 5.77. The van der Waals surface area contributed by atoms with Crippen LogP contribution in [0.1, 0.15) is 37.3 Å². The molecule has 0 spiro atoms. The van der Waals surface area contributed by atoms with E-state index < -0.39 is 11.9 Å². The van der Waals surface area contributed by atoms with Crippen molar-refractivity contribution >= 4 is 5.97 Å². The number of hydrogen-bond donors (Lipinski definition) is 1. The Kier molecular flexibility index (Phi) is 6.20. The third-order valence-corrected chi connectivity index (χ3v) is 3.24. The fourth-order valence-corrected chi connectivity index (χ4v) is 2.07. The van der Waals surface area contributed by atoms with Crippen LogP contribution in [-0.4, -0.2) is 11.1 Å². The fourth-order valence-electron chi connectivity index (χ4n) is 2.07. The SMILES string of the molecule is C=CC(CCc1ccccc1CCCC)C(=O)O. The first-order chi connectivity index (χ1) is 8.69. The highest BCUT2D eigenvalue weighted by molar-refractivity contribution is 5.71. The third-order valence-electron chi connectivity index (χ3n) is 3.24. The molecule has 0 aliphatic heterocycles. The smallest absolute Gasteiger partial charge is 0.310 e. The summed E-state index contributed by atoms with van der Waals surface area (Å²) in [6, 6.07) is 8.33. The van der Waals surface area contributed by atoms with Crippen molar-refractivity contribution in [2.75, 3.05) is 0 Å². The molecule has 0 saturated carbocycles. The largest absolute Gasteiger partial charge is 0.481 e. The predicted molar refractivity (Wildman–Crippen MR) is 74.7 cm³/mol. The Morgan fingerprint density at radius 3 is 2.44 bits per heavy atom. The van der Waals surface area contributed by atoms with Gasteiger partial charge in [0.1, 0.15) is 0 Å². The Bertz CT molecular complexity index is 396.